The van der Waals surface area contributed by atoms with E-state index in [1.54, 1.807) is 0 Å². The first kappa shape index (κ1) is 77.1. The summed E-state index contributed by atoms with van der Waals surface area (Å²) in [5.41, 5.74) is 33.9. The lowest BCUT2D eigenvalue weighted by molar-refractivity contribution is 0.590. The van der Waals surface area contributed by atoms with Crippen molar-refractivity contribution in [1.29, 1.82) is 0 Å². The van der Waals surface area contributed by atoms with E-state index in [2.05, 4.69) is 445 Å². The highest BCUT2D eigenvalue weighted by molar-refractivity contribution is 8.01. The summed E-state index contributed by atoms with van der Waals surface area (Å²) >= 11 is 3.92. The Morgan fingerprint density at radius 3 is 1.08 bits per heavy atom. The van der Waals surface area contributed by atoms with Gasteiger partial charge in [0, 0.05) is 111 Å². The first-order valence-electron chi connectivity index (χ1n) is 41.7. The minimum atomic E-state index is -0.217. The van der Waals surface area contributed by atoms with Gasteiger partial charge in [-0.05, 0) is 233 Å². The predicted octanol–water partition coefficient (Wildman–Crippen LogP) is 27.6. The third-order valence-corrected chi connectivity index (χ3v) is 27.0. The zero-order valence-electron chi connectivity index (χ0n) is 71.3. The molecule has 0 aliphatic carbocycles. The second kappa shape index (κ2) is 28.6. The van der Waals surface area contributed by atoms with Crippen LogP contribution in [0.25, 0.3) is 15.8 Å². The van der Waals surface area contributed by atoms with E-state index in [1.807, 2.05) is 23.1 Å². The number of hydrogen-bond acceptors (Lipinski definition) is 8. The molecule has 0 saturated carbocycles. The Bertz CT molecular complexity index is 6040. The third-order valence-electron chi connectivity index (χ3n) is 24.6. The van der Waals surface area contributed by atoms with Gasteiger partial charge in [0.25, 0.3) is 6.71 Å². The van der Waals surface area contributed by atoms with Crippen molar-refractivity contribution >= 4 is 176 Å². The smallest absolute Gasteiger partial charge is 0.264 e. The average molecular weight is 1560 g/mol. The summed E-state index contributed by atoms with van der Waals surface area (Å²) in [6, 6.07) is 113. The number of thioether (sulfide) groups is 1. The zero-order valence-corrected chi connectivity index (χ0v) is 72.9. The van der Waals surface area contributed by atoms with Crippen LogP contribution in [0.5, 0.6) is 0 Å². The number of anilines is 17. The highest BCUT2D eigenvalue weighted by Gasteiger charge is 2.49. The van der Waals surface area contributed by atoms with Crippen LogP contribution in [0.4, 0.5) is 96.7 Å². The van der Waals surface area contributed by atoms with Gasteiger partial charge in [0.1, 0.15) is 0 Å². The minimum Gasteiger partial charge on any atom is -0.311 e. The fourth-order valence-corrected chi connectivity index (χ4v) is 20.6. The lowest BCUT2D eigenvalue weighted by Gasteiger charge is -2.46. The van der Waals surface area contributed by atoms with Crippen LogP contribution < -0.4 is 56.0 Å². The topological polar surface area (TPSA) is 19.4 Å². The van der Waals surface area contributed by atoms with E-state index in [4.69, 9.17) is 6.58 Å². The fourth-order valence-electron chi connectivity index (χ4n) is 18.1. The molecule has 0 radical (unpaired) electrons. The monoisotopic (exact) mass is 1560 g/mol. The molecule has 4 aliphatic rings. The van der Waals surface area contributed by atoms with Crippen LogP contribution in [0.15, 0.2) is 303 Å². The van der Waals surface area contributed by atoms with Crippen LogP contribution in [0, 0.1) is 0 Å². The highest BCUT2D eigenvalue weighted by Crippen LogP contribution is 2.55. The second-order valence-corrected chi connectivity index (χ2v) is 40.9. The summed E-state index contributed by atoms with van der Waals surface area (Å²) in [6.45, 7) is 46.5. The van der Waals surface area contributed by atoms with E-state index < -0.39 is 0 Å². The number of hydrogen-bond donors (Lipinski definition) is 0. The van der Waals surface area contributed by atoms with Crippen molar-refractivity contribution in [2.75, 3.05) is 35.1 Å². The molecule has 117 heavy (non-hydrogen) atoms. The SMILES string of the molecule is C=C1c2ccccc2SCB2c3cc4c(cc3N(c3ccccc3)c3cc(N(c5ccc(C(C)(C)C)cc5)c5ccc(C(C)(C)C)cc5)cc(c32)N1c1ccc(C(C)(C)C)cc1)N(c1ccccc1)c1cc(N(c2ccc(C(C)(C)C)cc2)c2ccc(C(C)(C)C)cc2)cc2c1B4c1sc3ccccc3c1N2c1ccc(C(C)(C)C)cc1. The molecule has 14 aromatic rings. The van der Waals surface area contributed by atoms with Gasteiger partial charge in [-0.25, -0.2) is 0 Å². The van der Waals surface area contributed by atoms with Gasteiger partial charge in [-0.2, -0.15) is 0 Å². The molecular weight excluding hydrogens is 1450 g/mol. The van der Waals surface area contributed by atoms with Crippen LogP contribution in [-0.4, -0.2) is 19.1 Å². The van der Waals surface area contributed by atoms with Crippen molar-refractivity contribution in [3.05, 3.63) is 337 Å². The molecule has 0 bridgehead atoms. The molecule has 13 aromatic carbocycles. The Labute approximate surface area is 704 Å². The van der Waals surface area contributed by atoms with E-state index in [0.717, 1.165) is 108 Å². The molecule has 10 heteroatoms. The van der Waals surface area contributed by atoms with Crippen LogP contribution in [0.3, 0.4) is 0 Å². The Kier molecular flexibility index (Phi) is 18.8. The first-order valence-corrected chi connectivity index (χ1v) is 43.6. The number of nitrogens with zero attached hydrogens (tertiary/aromatic N) is 6. The van der Waals surface area contributed by atoms with Crippen LogP contribution in [0.2, 0.25) is 0 Å². The lowest BCUT2D eigenvalue weighted by Crippen LogP contribution is -2.62. The summed E-state index contributed by atoms with van der Waals surface area (Å²) < 4.78 is 2.58. The van der Waals surface area contributed by atoms with E-state index in [-0.39, 0.29) is 45.9 Å². The molecule has 0 spiro atoms. The van der Waals surface area contributed by atoms with Gasteiger partial charge in [-0.3, -0.25) is 0 Å². The maximum absolute atomic E-state index is 5.29. The number of rotatable bonds is 10. The quantitative estimate of drug-likeness (QED) is 0.126. The predicted molar refractivity (Wildman–Crippen MR) is 512 cm³/mol. The minimum absolute atomic E-state index is 0.0516. The summed E-state index contributed by atoms with van der Waals surface area (Å²) in [6.07, 6.45) is 0. The molecule has 0 saturated heterocycles. The van der Waals surface area contributed by atoms with Gasteiger partial charge in [-0.15, -0.1) is 23.1 Å². The Morgan fingerprint density at radius 1 is 0.308 bits per heavy atom. The normalized spacial score (nSPS) is 14.1. The molecule has 18 rings (SSSR count). The zero-order chi connectivity index (χ0) is 81.7. The van der Waals surface area contributed by atoms with E-state index in [1.165, 1.54) is 80.7 Å². The lowest BCUT2D eigenvalue weighted by atomic mass is 9.34. The summed E-state index contributed by atoms with van der Waals surface area (Å²) in [7, 11) is 0. The van der Waals surface area contributed by atoms with Crippen LogP contribution >= 0.6 is 23.1 Å². The molecule has 0 amide bonds. The number of benzene rings is 13. The maximum Gasteiger partial charge on any atom is 0.264 e. The van der Waals surface area contributed by atoms with Crippen molar-refractivity contribution in [3.63, 3.8) is 0 Å². The molecule has 582 valence electrons. The molecular formula is C107H106B2N6S2. The van der Waals surface area contributed by atoms with Crippen LogP contribution in [0.1, 0.15) is 164 Å². The van der Waals surface area contributed by atoms with Gasteiger partial charge < -0.3 is 29.4 Å². The van der Waals surface area contributed by atoms with Crippen molar-refractivity contribution < 1.29 is 0 Å². The Morgan fingerprint density at radius 2 is 0.650 bits per heavy atom. The molecule has 0 atom stereocenters. The average Bonchev–Trinajstić information content (AvgIpc) is 1.68. The number of thiophene rings is 1. The Hall–Kier alpha value is -11.2. The summed E-state index contributed by atoms with van der Waals surface area (Å²) in [4.78, 5) is 16.7. The van der Waals surface area contributed by atoms with Crippen molar-refractivity contribution in [2.45, 2.75) is 162 Å². The largest absolute Gasteiger partial charge is 0.311 e. The van der Waals surface area contributed by atoms with Gasteiger partial charge >= 0.3 is 0 Å². The van der Waals surface area contributed by atoms with E-state index >= 15 is 0 Å². The molecule has 1 aromatic heterocycles. The van der Waals surface area contributed by atoms with Gasteiger partial charge in [0.15, 0.2) is 0 Å². The number of fused-ring (bicyclic) bond motifs is 9. The van der Waals surface area contributed by atoms with Gasteiger partial charge in [0.2, 0.25) is 6.71 Å². The summed E-state index contributed by atoms with van der Waals surface area (Å²) in [5, 5.41) is 1.24. The Balaban J connectivity index is 0.972. The second-order valence-electron chi connectivity index (χ2n) is 38.8. The number of para-hydroxylation sites is 2. The molecule has 0 unspecified atom stereocenters. The third kappa shape index (κ3) is 13.8. The molecule has 4 aliphatic heterocycles. The van der Waals surface area contributed by atoms with Crippen molar-refractivity contribution in [3.8, 4) is 0 Å². The van der Waals surface area contributed by atoms with Crippen LogP contribution in [-0.2, 0) is 32.5 Å². The van der Waals surface area contributed by atoms with Gasteiger partial charge in [-0.1, -0.05) is 283 Å². The standard InChI is InChI=1S/C107H106B2N6S2/c1-69-86-34-26-28-36-96(86)116-68-108-88-66-89-91(67-90(88)113(76-30-22-20-23-31-76)93-63-84(62-92(98(93)108)110(69)78-50-38-70(39-51-78)102(2,3)4)111(79-52-40-71(41-53-79)103(5,6)7)80-54-42-72(43-55-80)104(8,9)10)114(77-32-24-21-25-33-77)94-64-85(112(81-56-44-73(45-57-81)105(11,12)13)82-58-46-74(47-59-82)106(14,15)16)65-95-99(94)109(89)101-100(87-35-27-29-37-97(87)117-101)115(95)83-60-48-75(49-61-83)107(17,18)19/h20-67H,1,68H2,2-19H3. The van der Waals surface area contributed by atoms with Crippen molar-refractivity contribution in [1.82, 2.24) is 0 Å². The summed E-state index contributed by atoms with van der Waals surface area (Å²) in [5.74, 6) is 0. The van der Waals surface area contributed by atoms with Crippen molar-refractivity contribution in [2.24, 2.45) is 0 Å². The first-order chi connectivity index (χ1) is 55.7. The maximum atomic E-state index is 5.29. The molecule has 5 heterocycles. The molecule has 6 nitrogen and oxygen atoms in total. The van der Waals surface area contributed by atoms with E-state index in [0.29, 0.717) is 0 Å². The highest BCUT2D eigenvalue weighted by atomic mass is 32.2. The molecule has 0 fully saturated rings. The molecule has 0 N–H and O–H groups in total. The van der Waals surface area contributed by atoms with E-state index in [9.17, 15) is 0 Å². The fraction of sp³-hybridized carbons (Fsp3) is 0.234. The van der Waals surface area contributed by atoms with Gasteiger partial charge in [0.05, 0.1) is 17.1 Å².